The molecule has 6 heteroatoms. The molecule has 3 heterocycles. The number of fused-ring (bicyclic) bond motifs is 3. The zero-order chi connectivity index (χ0) is 14.2. The predicted molar refractivity (Wildman–Crippen MR) is 79.0 cm³/mol. The van der Waals surface area contributed by atoms with E-state index in [0.29, 0.717) is 6.61 Å². The minimum atomic E-state index is 0.265. The fourth-order valence-electron chi connectivity index (χ4n) is 3.24. The highest BCUT2D eigenvalue weighted by molar-refractivity contribution is 6.30. The molecule has 1 aromatic heterocycles. The zero-order valence-corrected chi connectivity index (χ0v) is 12.4. The summed E-state index contributed by atoms with van der Waals surface area (Å²) in [6.07, 6.45) is 3.10. The molecule has 0 amide bonds. The van der Waals surface area contributed by atoms with Crippen LogP contribution in [-0.2, 0) is 17.9 Å². The molecule has 1 saturated heterocycles. The standard InChI is InChI=1S/C15H17ClN4O/c16-12-3-1-11(2-4-12)8-19-6-5-15-14(9-19)20-13(10-21-15)7-17-18-20/h1-4,7,14-15H,5-6,8-10H2/t14-,15-/m1/s1. The fraction of sp³-hybridized carbons (Fsp3) is 0.467. The van der Waals surface area contributed by atoms with E-state index >= 15 is 0 Å². The molecule has 0 spiro atoms. The number of piperidine rings is 1. The Balaban J connectivity index is 1.49. The van der Waals surface area contributed by atoms with Gasteiger partial charge in [-0.15, -0.1) is 5.10 Å². The topological polar surface area (TPSA) is 43.2 Å². The Hall–Kier alpha value is -1.43. The lowest BCUT2D eigenvalue weighted by atomic mass is 10.00. The second kappa shape index (κ2) is 5.40. The number of ether oxygens (including phenoxy) is 1. The Morgan fingerprint density at radius 2 is 2.14 bits per heavy atom. The Morgan fingerprint density at radius 1 is 1.29 bits per heavy atom. The van der Waals surface area contributed by atoms with Crippen LogP contribution >= 0.6 is 11.6 Å². The van der Waals surface area contributed by atoms with Gasteiger partial charge in [0.1, 0.15) is 0 Å². The Labute approximate surface area is 128 Å². The molecule has 2 aliphatic rings. The van der Waals surface area contributed by atoms with Gasteiger partial charge in [0.2, 0.25) is 0 Å². The number of halogens is 1. The van der Waals surface area contributed by atoms with Crippen LogP contribution in [0.25, 0.3) is 0 Å². The van der Waals surface area contributed by atoms with Crippen molar-refractivity contribution in [3.8, 4) is 0 Å². The quantitative estimate of drug-likeness (QED) is 0.854. The molecule has 1 fully saturated rings. The molecule has 0 aliphatic carbocycles. The monoisotopic (exact) mass is 304 g/mol. The minimum absolute atomic E-state index is 0.265. The lowest BCUT2D eigenvalue weighted by Gasteiger charge is -2.41. The van der Waals surface area contributed by atoms with Gasteiger partial charge >= 0.3 is 0 Å². The van der Waals surface area contributed by atoms with E-state index in [-0.39, 0.29) is 12.1 Å². The smallest absolute Gasteiger partial charge is 0.0930 e. The van der Waals surface area contributed by atoms with Crippen molar-refractivity contribution in [2.75, 3.05) is 13.1 Å². The maximum absolute atomic E-state index is 5.94. The molecule has 0 radical (unpaired) electrons. The number of rotatable bonds is 2. The first-order chi connectivity index (χ1) is 10.3. The van der Waals surface area contributed by atoms with Crippen molar-refractivity contribution in [3.63, 3.8) is 0 Å². The molecule has 0 unspecified atom stereocenters. The number of benzene rings is 1. The molecule has 0 N–H and O–H groups in total. The van der Waals surface area contributed by atoms with E-state index in [0.717, 1.165) is 36.8 Å². The number of nitrogens with zero attached hydrogens (tertiary/aromatic N) is 4. The minimum Gasteiger partial charge on any atom is -0.370 e. The molecule has 1 aromatic carbocycles. The summed E-state index contributed by atoms with van der Waals surface area (Å²) >= 11 is 5.94. The van der Waals surface area contributed by atoms with Crippen LogP contribution < -0.4 is 0 Å². The van der Waals surface area contributed by atoms with E-state index in [2.05, 4.69) is 27.3 Å². The average molecular weight is 305 g/mol. The van der Waals surface area contributed by atoms with Crippen molar-refractivity contribution in [1.82, 2.24) is 19.9 Å². The summed E-state index contributed by atoms with van der Waals surface area (Å²) in [4.78, 5) is 2.45. The van der Waals surface area contributed by atoms with E-state index in [1.54, 1.807) is 6.20 Å². The lowest BCUT2D eigenvalue weighted by Crippen LogP contribution is -2.47. The average Bonchev–Trinajstić information content (AvgIpc) is 2.98. The van der Waals surface area contributed by atoms with E-state index < -0.39 is 0 Å². The molecule has 0 saturated carbocycles. The normalized spacial score (nSPS) is 25.4. The largest absolute Gasteiger partial charge is 0.370 e. The summed E-state index contributed by atoms with van der Waals surface area (Å²) < 4.78 is 7.98. The van der Waals surface area contributed by atoms with Gasteiger partial charge in [0.05, 0.1) is 30.6 Å². The molecule has 2 aliphatic heterocycles. The van der Waals surface area contributed by atoms with Gasteiger partial charge < -0.3 is 4.74 Å². The molecule has 110 valence electrons. The van der Waals surface area contributed by atoms with Crippen molar-refractivity contribution in [3.05, 3.63) is 46.7 Å². The van der Waals surface area contributed by atoms with Crippen LogP contribution in [0.1, 0.15) is 23.7 Å². The van der Waals surface area contributed by atoms with Crippen molar-refractivity contribution in [2.45, 2.75) is 31.7 Å². The molecule has 2 atom stereocenters. The van der Waals surface area contributed by atoms with E-state index in [1.165, 1.54) is 5.56 Å². The summed E-state index contributed by atoms with van der Waals surface area (Å²) in [5, 5.41) is 9.03. The summed E-state index contributed by atoms with van der Waals surface area (Å²) in [5.41, 5.74) is 2.36. The maximum Gasteiger partial charge on any atom is 0.0930 e. The van der Waals surface area contributed by atoms with Crippen molar-refractivity contribution < 1.29 is 4.74 Å². The number of hydrogen-bond donors (Lipinski definition) is 0. The van der Waals surface area contributed by atoms with E-state index in [4.69, 9.17) is 16.3 Å². The molecular weight excluding hydrogens is 288 g/mol. The number of aromatic nitrogens is 3. The SMILES string of the molecule is Clc1ccc(CN2CC[C@H]3OCc4cnnn4[C@@H]3C2)cc1. The fourth-order valence-corrected chi connectivity index (χ4v) is 3.36. The third-order valence-electron chi connectivity index (χ3n) is 4.33. The highest BCUT2D eigenvalue weighted by Gasteiger charge is 2.36. The van der Waals surface area contributed by atoms with Crippen molar-refractivity contribution >= 4 is 11.6 Å². The van der Waals surface area contributed by atoms with Gasteiger partial charge in [0, 0.05) is 24.7 Å². The highest BCUT2D eigenvalue weighted by Crippen LogP contribution is 2.30. The van der Waals surface area contributed by atoms with Crippen molar-refractivity contribution in [1.29, 1.82) is 0 Å². The van der Waals surface area contributed by atoms with Crippen LogP contribution in [0.15, 0.2) is 30.5 Å². The maximum atomic E-state index is 5.94. The summed E-state index contributed by atoms with van der Waals surface area (Å²) in [6, 6.07) is 8.35. The summed E-state index contributed by atoms with van der Waals surface area (Å²) in [5.74, 6) is 0. The third kappa shape index (κ3) is 2.57. The van der Waals surface area contributed by atoms with Gasteiger partial charge in [-0.1, -0.05) is 28.9 Å². The Morgan fingerprint density at radius 3 is 3.00 bits per heavy atom. The Kier molecular flexibility index (Phi) is 3.41. The van der Waals surface area contributed by atoms with E-state index in [1.807, 2.05) is 16.8 Å². The second-order valence-corrected chi connectivity index (χ2v) is 6.17. The zero-order valence-electron chi connectivity index (χ0n) is 11.7. The number of hydrogen-bond acceptors (Lipinski definition) is 4. The van der Waals surface area contributed by atoms with Gasteiger partial charge in [-0.2, -0.15) is 0 Å². The van der Waals surface area contributed by atoms with Crippen LogP contribution in [0, 0.1) is 0 Å². The van der Waals surface area contributed by atoms with Gasteiger partial charge in [0.15, 0.2) is 0 Å². The molecule has 5 nitrogen and oxygen atoms in total. The van der Waals surface area contributed by atoms with Gasteiger partial charge in [-0.25, -0.2) is 4.68 Å². The number of likely N-dealkylation sites (tertiary alicyclic amines) is 1. The summed E-state index contributed by atoms with van der Waals surface area (Å²) in [7, 11) is 0. The van der Waals surface area contributed by atoms with Gasteiger partial charge in [-0.3, -0.25) is 4.90 Å². The Bertz CT molecular complexity index is 627. The van der Waals surface area contributed by atoms with Crippen molar-refractivity contribution in [2.24, 2.45) is 0 Å². The predicted octanol–water partition coefficient (Wildman–Crippen LogP) is 2.28. The third-order valence-corrected chi connectivity index (χ3v) is 4.58. The first kappa shape index (κ1) is 13.2. The molecule has 2 aromatic rings. The first-order valence-corrected chi connectivity index (χ1v) is 7.65. The second-order valence-electron chi connectivity index (χ2n) is 5.74. The van der Waals surface area contributed by atoms with Crippen LogP contribution in [0.4, 0.5) is 0 Å². The van der Waals surface area contributed by atoms with Crippen LogP contribution in [0.2, 0.25) is 5.02 Å². The molecule has 0 bridgehead atoms. The molecular formula is C15H17ClN4O. The van der Waals surface area contributed by atoms with Crippen LogP contribution in [0.5, 0.6) is 0 Å². The van der Waals surface area contributed by atoms with Crippen LogP contribution in [0.3, 0.4) is 0 Å². The summed E-state index contributed by atoms with van der Waals surface area (Å²) in [6.45, 7) is 3.56. The van der Waals surface area contributed by atoms with Crippen LogP contribution in [-0.4, -0.2) is 39.1 Å². The van der Waals surface area contributed by atoms with E-state index in [9.17, 15) is 0 Å². The van der Waals surface area contributed by atoms with Gasteiger partial charge in [-0.05, 0) is 24.1 Å². The first-order valence-electron chi connectivity index (χ1n) is 7.27. The van der Waals surface area contributed by atoms with Gasteiger partial charge in [0.25, 0.3) is 0 Å². The molecule has 4 rings (SSSR count). The molecule has 21 heavy (non-hydrogen) atoms. The highest BCUT2D eigenvalue weighted by atomic mass is 35.5. The lowest BCUT2D eigenvalue weighted by molar-refractivity contribution is -0.0669.